The van der Waals surface area contributed by atoms with Gasteiger partial charge >= 0.3 is 0 Å². The van der Waals surface area contributed by atoms with E-state index in [1.165, 1.54) is 0 Å². The van der Waals surface area contributed by atoms with Gasteiger partial charge in [0.05, 0.1) is 24.5 Å². The van der Waals surface area contributed by atoms with Gasteiger partial charge in [-0.3, -0.25) is 4.79 Å². The minimum absolute atomic E-state index is 0.0202. The van der Waals surface area contributed by atoms with Gasteiger partial charge in [0.25, 0.3) is 0 Å². The molecule has 5 rings (SSSR count). The lowest BCUT2D eigenvalue weighted by Gasteiger charge is -2.36. The molecule has 2 fully saturated rings. The molecule has 2 aliphatic heterocycles. The average Bonchev–Trinajstić information content (AvgIpc) is 3.48. The molecular weight excluding hydrogens is 449 g/mol. The van der Waals surface area contributed by atoms with Crippen LogP contribution in [0.4, 0.5) is 5.82 Å². The fourth-order valence-electron chi connectivity index (χ4n) is 4.49. The van der Waals surface area contributed by atoms with E-state index in [4.69, 9.17) is 28.2 Å². The minimum Gasteiger partial charge on any atom is -0.352 e. The van der Waals surface area contributed by atoms with Crippen molar-refractivity contribution in [1.82, 2.24) is 30.0 Å². The van der Waals surface area contributed by atoms with Crippen molar-refractivity contribution < 1.29 is 4.79 Å². The Morgan fingerprint density at radius 2 is 2.00 bits per heavy atom. The number of piperazine rings is 1. The molecule has 2 saturated heterocycles. The van der Waals surface area contributed by atoms with Crippen LogP contribution in [0.15, 0.2) is 30.6 Å². The second-order valence-corrected chi connectivity index (χ2v) is 9.17. The first kappa shape index (κ1) is 21.4. The Morgan fingerprint density at radius 1 is 1.19 bits per heavy atom. The predicted molar refractivity (Wildman–Crippen MR) is 125 cm³/mol. The molecule has 2 aliphatic rings. The third-order valence-corrected chi connectivity index (χ3v) is 6.91. The van der Waals surface area contributed by atoms with Gasteiger partial charge in [-0.1, -0.05) is 29.3 Å². The smallest absolute Gasteiger partial charge is 0.239 e. The van der Waals surface area contributed by atoms with Gasteiger partial charge in [-0.15, -0.1) is 0 Å². The van der Waals surface area contributed by atoms with E-state index in [1.807, 2.05) is 28.6 Å². The average molecular weight is 474 g/mol. The predicted octanol–water partition coefficient (Wildman–Crippen LogP) is 3.14. The summed E-state index contributed by atoms with van der Waals surface area (Å²) in [6.07, 6.45) is 5.50. The number of carbonyl (C=O) groups is 1. The molecule has 0 bridgehead atoms. The van der Waals surface area contributed by atoms with Gasteiger partial charge in [0.2, 0.25) is 5.91 Å². The molecule has 0 spiro atoms. The third kappa shape index (κ3) is 4.02. The summed E-state index contributed by atoms with van der Waals surface area (Å²) in [5, 5.41) is 9.01. The van der Waals surface area contributed by atoms with Gasteiger partial charge in [-0.2, -0.15) is 5.10 Å². The highest BCUT2D eigenvalue weighted by atomic mass is 35.5. The summed E-state index contributed by atoms with van der Waals surface area (Å²) in [6.45, 7) is 5.78. The van der Waals surface area contributed by atoms with Crippen molar-refractivity contribution >= 4 is 46.1 Å². The molecule has 0 saturated carbocycles. The van der Waals surface area contributed by atoms with E-state index in [1.54, 1.807) is 18.5 Å². The molecular formula is C22H25Cl2N7O. The number of anilines is 1. The van der Waals surface area contributed by atoms with Gasteiger partial charge in [0.15, 0.2) is 5.65 Å². The molecule has 0 radical (unpaired) electrons. The number of hydrogen-bond donors (Lipinski definition) is 1. The monoisotopic (exact) mass is 473 g/mol. The molecule has 168 valence electrons. The number of halogens is 2. The maximum Gasteiger partial charge on any atom is 0.239 e. The van der Waals surface area contributed by atoms with Crippen LogP contribution in [0.3, 0.4) is 0 Å². The number of carbonyl (C=O) groups excluding carboxylic acids is 1. The van der Waals surface area contributed by atoms with Crippen molar-refractivity contribution in [3.05, 3.63) is 46.2 Å². The van der Waals surface area contributed by atoms with Crippen LogP contribution in [0.5, 0.6) is 0 Å². The minimum atomic E-state index is -0.129. The molecule has 8 nitrogen and oxygen atoms in total. The van der Waals surface area contributed by atoms with Crippen molar-refractivity contribution in [2.45, 2.75) is 31.8 Å². The van der Waals surface area contributed by atoms with Crippen LogP contribution in [-0.2, 0) is 4.79 Å². The van der Waals surface area contributed by atoms with Crippen molar-refractivity contribution in [2.24, 2.45) is 0 Å². The van der Waals surface area contributed by atoms with Crippen LogP contribution in [0.1, 0.15) is 31.4 Å². The second-order valence-electron chi connectivity index (χ2n) is 8.33. The summed E-state index contributed by atoms with van der Waals surface area (Å²) in [6, 6.07) is 5.32. The normalized spacial score (nSPS) is 20.2. The first-order chi connectivity index (χ1) is 15.5. The highest BCUT2D eigenvalue weighted by molar-refractivity contribution is 6.35. The van der Waals surface area contributed by atoms with Crippen molar-refractivity contribution in [1.29, 1.82) is 0 Å². The van der Waals surface area contributed by atoms with Crippen molar-refractivity contribution in [3.63, 3.8) is 0 Å². The van der Waals surface area contributed by atoms with Gasteiger partial charge < -0.3 is 15.1 Å². The summed E-state index contributed by atoms with van der Waals surface area (Å²) in [4.78, 5) is 26.3. The number of nitrogens with zero attached hydrogens (tertiary/aromatic N) is 6. The third-order valence-electron chi connectivity index (χ3n) is 6.34. The highest BCUT2D eigenvalue weighted by Gasteiger charge is 2.29. The number of aromatic nitrogens is 4. The van der Waals surface area contributed by atoms with Crippen LogP contribution in [0.2, 0.25) is 10.0 Å². The van der Waals surface area contributed by atoms with Gasteiger partial charge in [-0.25, -0.2) is 14.6 Å². The van der Waals surface area contributed by atoms with E-state index in [0.717, 1.165) is 49.4 Å². The molecule has 32 heavy (non-hydrogen) atoms. The number of amides is 1. The lowest BCUT2D eigenvalue weighted by molar-refractivity contribution is -0.133. The van der Waals surface area contributed by atoms with Crippen LogP contribution >= 0.6 is 23.2 Å². The van der Waals surface area contributed by atoms with E-state index >= 15 is 0 Å². The Hall–Kier alpha value is -2.42. The first-order valence-electron chi connectivity index (χ1n) is 10.9. The Bertz CT molecular complexity index is 1140. The van der Waals surface area contributed by atoms with Crippen molar-refractivity contribution in [2.75, 3.05) is 37.6 Å². The number of hydrogen-bond acceptors (Lipinski definition) is 6. The fraction of sp³-hybridized carbons (Fsp3) is 0.455. The number of fused-ring (bicyclic) bond motifs is 1. The number of benzene rings is 1. The molecule has 3 aromatic rings. The summed E-state index contributed by atoms with van der Waals surface area (Å²) in [5.74, 6) is 1.01. The van der Waals surface area contributed by atoms with E-state index < -0.39 is 0 Å². The Balaban J connectivity index is 1.34. The summed E-state index contributed by atoms with van der Waals surface area (Å²) in [7, 11) is 0. The molecule has 0 aliphatic carbocycles. The quantitative estimate of drug-likeness (QED) is 0.626. The zero-order valence-corrected chi connectivity index (χ0v) is 19.4. The maximum atomic E-state index is 12.7. The van der Waals surface area contributed by atoms with Crippen LogP contribution in [-0.4, -0.2) is 69.3 Å². The SMILES string of the molecule is C[C@H](c1ccc(Cl)cc1Cl)n1ncc2ncc(N3CCN(C(=O)[C@H]4CCCN4)CC3)nc21. The van der Waals surface area contributed by atoms with Gasteiger partial charge in [-0.05, 0) is 44.0 Å². The molecule has 0 unspecified atom stereocenters. The molecule has 2 atom stereocenters. The van der Waals surface area contributed by atoms with E-state index in [-0.39, 0.29) is 18.0 Å². The molecule has 1 amide bonds. The largest absolute Gasteiger partial charge is 0.352 e. The number of rotatable bonds is 4. The van der Waals surface area contributed by atoms with E-state index in [9.17, 15) is 4.79 Å². The second kappa shape index (κ2) is 8.84. The van der Waals surface area contributed by atoms with Gasteiger partial charge in [0.1, 0.15) is 11.3 Å². The lowest BCUT2D eigenvalue weighted by atomic mass is 10.1. The molecule has 2 aromatic heterocycles. The molecule has 4 heterocycles. The van der Waals surface area contributed by atoms with E-state index in [0.29, 0.717) is 28.8 Å². The zero-order chi connectivity index (χ0) is 22.2. The highest BCUT2D eigenvalue weighted by Crippen LogP contribution is 2.30. The zero-order valence-electron chi connectivity index (χ0n) is 17.8. The maximum absolute atomic E-state index is 12.7. The number of nitrogens with one attached hydrogen (secondary N) is 1. The fourth-order valence-corrected chi connectivity index (χ4v) is 5.06. The van der Waals surface area contributed by atoms with Crippen LogP contribution in [0, 0.1) is 0 Å². The summed E-state index contributed by atoms with van der Waals surface area (Å²) < 4.78 is 1.84. The van der Waals surface area contributed by atoms with Crippen molar-refractivity contribution in [3.8, 4) is 0 Å². The molecule has 1 N–H and O–H groups in total. The summed E-state index contributed by atoms with van der Waals surface area (Å²) in [5.41, 5.74) is 2.35. The van der Waals surface area contributed by atoms with E-state index in [2.05, 4.69) is 20.3 Å². The van der Waals surface area contributed by atoms with Crippen LogP contribution in [0.25, 0.3) is 11.2 Å². The topological polar surface area (TPSA) is 79.2 Å². The van der Waals surface area contributed by atoms with Gasteiger partial charge in [0, 0.05) is 36.2 Å². The molecule has 10 heteroatoms. The Kier molecular flexibility index (Phi) is 5.92. The van der Waals surface area contributed by atoms with Crippen LogP contribution < -0.4 is 10.2 Å². The Labute approximate surface area is 196 Å². The molecule has 1 aromatic carbocycles. The standard InChI is InChI=1S/C22H25Cl2N7O/c1-14(16-5-4-15(23)11-17(16)24)31-21-19(12-27-31)26-13-20(28-21)29-7-9-30(10-8-29)22(32)18-3-2-6-25-18/h4-5,11-14,18,25H,2-3,6-10H2,1H3/t14-,18-/m1/s1. The lowest BCUT2D eigenvalue weighted by Crippen LogP contribution is -2.53. The summed E-state index contributed by atoms with van der Waals surface area (Å²) >= 11 is 12.5. The Morgan fingerprint density at radius 3 is 2.72 bits per heavy atom. The first-order valence-corrected chi connectivity index (χ1v) is 11.7.